The summed E-state index contributed by atoms with van der Waals surface area (Å²) >= 11 is 0. The van der Waals surface area contributed by atoms with E-state index in [0.717, 1.165) is 11.3 Å². The summed E-state index contributed by atoms with van der Waals surface area (Å²) in [6, 6.07) is 13.2. The molecule has 0 unspecified atom stereocenters. The normalized spacial score (nSPS) is 23.9. The second-order valence-corrected chi connectivity index (χ2v) is 6.37. The summed E-state index contributed by atoms with van der Waals surface area (Å²) in [4.78, 5) is 13.9. The second kappa shape index (κ2) is 6.57. The van der Waals surface area contributed by atoms with Gasteiger partial charge in [0, 0.05) is 13.1 Å². The van der Waals surface area contributed by atoms with Gasteiger partial charge in [-0.15, -0.1) is 5.10 Å². The third-order valence-electron chi connectivity index (χ3n) is 4.76. The van der Waals surface area contributed by atoms with Crippen molar-refractivity contribution < 1.29 is 15.0 Å². The van der Waals surface area contributed by atoms with E-state index in [1.165, 1.54) is 0 Å². The molecule has 0 spiro atoms. The van der Waals surface area contributed by atoms with E-state index in [1.54, 1.807) is 0 Å². The van der Waals surface area contributed by atoms with Crippen molar-refractivity contribution in [2.24, 2.45) is 5.41 Å². The summed E-state index contributed by atoms with van der Waals surface area (Å²) in [5.41, 5.74) is 0.568. The number of carbonyl (C=O) groups is 1. The largest absolute Gasteiger partial charge is 0.481 e. The first kappa shape index (κ1) is 16.4. The maximum atomic E-state index is 12.0. The molecule has 1 saturated heterocycles. The number of carboxylic acids is 1. The first-order valence-electron chi connectivity index (χ1n) is 8.02. The molecule has 1 aromatic heterocycles. The molecule has 6 nitrogen and oxygen atoms in total. The number of aliphatic hydroxyl groups excluding tert-OH is 1. The summed E-state index contributed by atoms with van der Waals surface area (Å²) in [5, 5.41) is 28.6. The predicted molar refractivity (Wildman–Crippen MR) is 89.8 cm³/mol. The molecule has 0 aliphatic carbocycles. The van der Waals surface area contributed by atoms with Crippen LogP contribution in [-0.4, -0.2) is 45.6 Å². The third kappa shape index (κ3) is 3.10. The van der Waals surface area contributed by atoms with E-state index in [1.807, 2.05) is 54.3 Å². The monoisotopic (exact) mass is 327 g/mol. The molecule has 24 heavy (non-hydrogen) atoms. The highest BCUT2D eigenvalue weighted by Crippen LogP contribution is 2.37. The van der Waals surface area contributed by atoms with Crippen molar-refractivity contribution in [3.63, 3.8) is 0 Å². The van der Waals surface area contributed by atoms with E-state index in [0.29, 0.717) is 25.2 Å². The van der Waals surface area contributed by atoms with E-state index in [-0.39, 0.29) is 6.54 Å². The Balaban J connectivity index is 1.81. The van der Waals surface area contributed by atoms with Gasteiger partial charge in [0.15, 0.2) is 5.82 Å². The van der Waals surface area contributed by atoms with Gasteiger partial charge < -0.3 is 15.1 Å². The summed E-state index contributed by atoms with van der Waals surface area (Å²) in [7, 11) is 0. The number of anilines is 1. The molecule has 6 heteroatoms. The maximum Gasteiger partial charge on any atom is 0.312 e. The van der Waals surface area contributed by atoms with Crippen LogP contribution in [0.3, 0.4) is 0 Å². The SMILES string of the molecule is Cc1ccc(N2CC[C@](Cc3ccccc3)(C(=O)O)[C@@H](O)C2)nn1. The molecule has 0 saturated carbocycles. The number of aliphatic hydroxyl groups is 1. The number of piperidine rings is 1. The topological polar surface area (TPSA) is 86.6 Å². The van der Waals surface area contributed by atoms with Crippen LogP contribution in [0.25, 0.3) is 0 Å². The Labute approximate surface area is 140 Å². The maximum absolute atomic E-state index is 12.0. The molecule has 1 fully saturated rings. The highest BCUT2D eigenvalue weighted by atomic mass is 16.4. The van der Waals surface area contributed by atoms with Crippen LogP contribution in [0.15, 0.2) is 42.5 Å². The number of aliphatic carboxylic acids is 1. The Bertz CT molecular complexity index is 705. The van der Waals surface area contributed by atoms with Crippen molar-refractivity contribution in [1.82, 2.24) is 10.2 Å². The van der Waals surface area contributed by atoms with E-state index < -0.39 is 17.5 Å². The van der Waals surface area contributed by atoms with Gasteiger partial charge in [-0.3, -0.25) is 4.79 Å². The number of rotatable bonds is 4. The van der Waals surface area contributed by atoms with Crippen molar-refractivity contribution >= 4 is 11.8 Å². The molecule has 1 aliphatic rings. The zero-order chi connectivity index (χ0) is 17.2. The van der Waals surface area contributed by atoms with E-state index >= 15 is 0 Å². The Morgan fingerprint density at radius 3 is 2.58 bits per heavy atom. The van der Waals surface area contributed by atoms with Crippen molar-refractivity contribution in [3.05, 3.63) is 53.7 Å². The zero-order valence-electron chi connectivity index (χ0n) is 13.6. The predicted octanol–water partition coefficient (Wildman–Crippen LogP) is 1.67. The lowest BCUT2D eigenvalue weighted by atomic mass is 9.71. The molecule has 2 atom stereocenters. The summed E-state index contributed by atoms with van der Waals surface area (Å²) < 4.78 is 0. The van der Waals surface area contributed by atoms with Crippen molar-refractivity contribution in [2.45, 2.75) is 25.9 Å². The van der Waals surface area contributed by atoms with Gasteiger partial charge in [0.05, 0.1) is 11.8 Å². The number of carboxylic acid groups (broad SMARTS) is 1. The van der Waals surface area contributed by atoms with Gasteiger partial charge in [0.2, 0.25) is 0 Å². The fourth-order valence-electron chi connectivity index (χ4n) is 3.24. The Morgan fingerprint density at radius 1 is 1.25 bits per heavy atom. The van der Waals surface area contributed by atoms with Gasteiger partial charge in [-0.2, -0.15) is 5.10 Å². The van der Waals surface area contributed by atoms with Gasteiger partial charge in [-0.05, 0) is 37.5 Å². The molecule has 0 bridgehead atoms. The molecule has 126 valence electrons. The van der Waals surface area contributed by atoms with E-state index in [2.05, 4.69) is 10.2 Å². The van der Waals surface area contributed by atoms with E-state index in [4.69, 9.17) is 0 Å². The molecular weight excluding hydrogens is 306 g/mol. The van der Waals surface area contributed by atoms with Gasteiger partial charge in [-0.1, -0.05) is 30.3 Å². The minimum atomic E-state index is -1.17. The molecule has 2 heterocycles. The number of hydrogen-bond donors (Lipinski definition) is 2. The first-order valence-corrected chi connectivity index (χ1v) is 8.02. The van der Waals surface area contributed by atoms with Crippen molar-refractivity contribution in [1.29, 1.82) is 0 Å². The standard InChI is InChI=1S/C18H21N3O3/c1-13-7-8-16(20-19-13)21-10-9-18(17(23)24,15(22)12-21)11-14-5-3-2-4-6-14/h2-8,15,22H,9-12H2,1H3,(H,23,24)/t15-,18+/m0/s1. The molecule has 1 aromatic carbocycles. The molecule has 3 rings (SSSR count). The fourth-order valence-corrected chi connectivity index (χ4v) is 3.24. The summed E-state index contributed by atoms with van der Waals surface area (Å²) in [6.45, 7) is 2.61. The highest BCUT2D eigenvalue weighted by molar-refractivity contribution is 5.76. The lowest BCUT2D eigenvalue weighted by Gasteiger charge is -2.43. The average molecular weight is 327 g/mol. The van der Waals surface area contributed by atoms with E-state index in [9.17, 15) is 15.0 Å². The van der Waals surface area contributed by atoms with Crippen LogP contribution in [0, 0.1) is 12.3 Å². The summed E-state index contributed by atoms with van der Waals surface area (Å²) in [5.74, 6) is -0.285. The molecular formula is C18H21N3O3. The number of benzene rings is 1. The van der Waals surface area contributed by atoms with Gasteiger partial charge in [0.1, 0.15) is 5.41 Å². The van der Waals surface area contributed by atoms with Crippen LogP contribution < -0.4 is 4.90 Å². The zero-order valence-corrected chi connectivity index (χ0v) is 13.6. The minimum absolute atomic E-state index is 0.233. The number of aryl methyl sites for hydroxylation is 1. The number of nitrogens with zero attached hydrogens (tertiary/aromatic N) is 3. The van der Waals surface area contributed by atoms with Crippen LogP contribution in [0.1, 0.15) is 17.7 Å². The second-order valence-electron chi connectivity index (χ2n) is 6.37. The van der Waals surface area contributed by atoms with Crippen LogP contribution >= 0.6 is 0 Å². The number of β-amino-alcohol motifs (C(OH)–C–C–N with tert-alkyl or cyclic N) is 1. The van der Waals surface area contributed by atoms with Crippen LogP contribution in [-0.2, 0) is 11.2 Å². The molecule has 2 aromatic rings. The smallest absolute Gasteiger partial charge is 0.312 e. The quantitative estimate of drug-likeness (QED) is 0.888. The van der Waals surface area contributed by atoms with Crippen molar-refractivity contribution in [2.75, 3.05) is 18.0 Å². The Hall–Kier alpha value is -2.47. The average Bonchev–Trinajstić information content (AvgIpc) is 2.58. The third-order valence-corrected chi connectivity index (χ3v) is 4.76. The van der Waals surface area contributed by atoms with Crippen LogP contribution in [0.5, 0.6) is 0 Å². The molecule has 0 amide bonds. The molecule has 1 aliphatic heterocycles. The lowest BCUT2D eigenvalue weighted by molar-refractivity contribution is -0.158. The fraction of sp³-hybridized carbons (Fsp3) is 0.389. The van der Waals surface area contributed by atoms with Gasteiger partial charge in [0.25, 0.3) is 0 Å². The molecule has 0 radical (unpaired) electrons. The lowest BCUT2D eigenvalue weighted by Crippen LogP contribution is -2.56. The van der Waals surface area contributed by atoms with Crippen molar-refractivity contribution in [3.8, 4) is 0 Å². The minimum Gasteiger partial charge on any atom is -0.481 e. The summed E-state index contributed by atoms with van der Waals surface area (Å²) in [6.07, 6.45) is -0.307. The highest BCUT2D eigenvalue weighted by Gasteiger charge is 2.48. The Kier molecular flexibility index (Phi) is 4.49. The Morgan fingerprint density at radius 2 is 2.00 bits per heavy atom. The number of hydrogen-bond acceptors (Lipinski definition) is 5. The molecule has 2 N–H and O–H groups in total. The first-order chi connectivity index (χ1) is 11.5. The number of aromatic nitrogens is 2. The van der Waals surface area contributed by atoms with Crippen LogP contribution in [0.4, 0.5) is 5.82 Å². The van der Waals surface area contributed by atoms with Gasteiger partial charge in [-0.25, -0.2) is 0 Å². The van der Waals surface area contributed by atoms with Gasteiger partial charge >= 0.3 is 5.97 Å². The van der Waals surface area contributed by atoms with Crippen LogP contribution in [0.2, 0.25) is 0 Å².